The zero-order valence-electron chi connectivity index (χ0n) is 12.1. The molecule has 1 saturated carbocycles. The van der Waals surface area contributed by atoms with Crippen LogP contribution in [-0.4, -0.2) is 12.2 Å². The van der Waals surface area contributed by atoms with Crippen molar-refractivity contribution in [3.8, 4) is 0 Å². The summed E-state index contributed by atoms with van der Waals surface area (Å²) in [6.07, 6.45) is 7.26. The number of rotatable bonds is 3. The molecule has 2 fully saturated rings. The summed E-state index contributed by atoms with van der Waals surface area (Å²) in [7, 11) is 0. The molecule has 1 aromatic rings. The number of benzene rings is 1. The number of hydrazine groups is 1. The lowest BCUT2D eigenvalue weighted by atomic mass is 9.79. The van der Waals surface area contributed by atoms with Crippen molar-refractivity contribution in [2.24, 2.45) is 11.8 Å². The molecule has 116 valence electrons. The molecule has 1 saturated heterocycles. The first-order chi connectivity index (χ1) is 10.1. The van der Waals surface area contributed by atoms with Gasteiger partial charge in [0.25, 0.3) is 0 Å². The van der Waals surface area contributed by atoms with Crippen molar-refractivity contribution in [2.75, 3.05) is 6.61 Å². The molecule has 1 aromatic carbocycles. The monoisotopic (exact) mass is 464 g/mol. The zero-order chi connectivity index (χ0) is 14.9. The second-order valence-electron chi connectivity index (χ2n) is 6.30. The van der Waals surface area contributed by atoms with E-state index in [2.05, 4.69) is 62.1 Å². The summed E-state index contributed by atoms with van der Waals surface area (Å²) < 4.78 is 8.54. The average Bonchev–Trinajstić information content (AvgIpc) is 2.91. The zero-order valence-corrected chi connectivity index (χ0v) is 15.8. The number of hydrogen-bond acceptors (Lipinski definition) is 3. The fraction of sp³-hybridized carbons (Fsp3) is 0.625. The van der Waals surface area contributed by atoms with E-state index in [1.54, 1.807) is 0 Å². The van der Waals surface area contributed by atoms with E-state index in [1.165, 1.54) is 34.8 Å². The van der Waals surface area contributed by atoms with E-state index in [9.17, 15) is 0 Å². The molecule has 0 bridgehead atoms. The highest BCUT2D eigenvalue weighted by molar-refractivity contribution is 14.1. The lowest BCUT2D eigenvalue weighted by Gasteiger charge is -2.41. The molecule has 1 heterocycles. The first kappa shape index (κ1) is 16.2. The Morgan fingerprint density at radius 1 is 1.38 bits per heavy atom. The molecule has 3 nitrogen and oxygen atoms in total. The van der Waals surface area contributed by atoms with E-state index >= 15 is 0 Å². The van der Waals surface area contributed by atoms with Crippen LogP contribution in [0, 0.1) is 9.49 Å². The standard InChI is InChI=1S/C16H22BrIN2O/c17-12-3-4-14(18)13(9-12)15(20-19)11-5-8-21-16(10-11)6-1-2-7-16/h3-4,9,11,15,20H,1-2,5-8,10,19H2. The van der Waals surface area contributed by atoms with Gasteiger partial charge in [-0.05, 0) is 78.0 Å². The SMILES string of the molecule is NNC(c1cc(Br)ccc1I)C1CCOC2(CCCC2)C1. The van der Waals surface area contributed by atoms with Crippen LogP contribution < -0.4 is 11.3 Å². The van der Waals surface area contributed by atoms with Crippen molar-refractivity contribution in [2.45, 2.75) is 50.2 Å². The molecule has 3 N–H and O–H groups in total. The van der Waals surface area contributed by atoms with Crippen molar-refractivity contribution >= 4 is 38.5 Å². The molecule has 21 heavy (non-hydrogen) atoms. The van der Waals surface area contributed by atoms with Gasteiger partial charge in [0, 0.05) is 14.6 Å². The molecule has 0 radical (unpaired) electrons. The van der Waals surface area contributed by atoms with Gasteiger partial charge in [-0.15, -0.1) is 0 Å². The fourth-order valence-electron chi connectivity index (χ4n) is 3.95. The number of halogens is 2. The quantitative estimate of drug-likeness (QED) is 0.398. The number of ether oxygens (including phenoxy) is 1. The topological polar surface area (TPSA) is 47.3 Å². The van der Waals surface area contributed by atoms with Gasteiger partial charge in [-0.3, -0.25) is 11.3 Å². The van der Waals surface area contributed by atoms with Crippen LogP contribution in [-0.2, 0) is 4.74 Å². The third-order valence-electron chi connectivity index (χ3n) is 4.99. The summed E-state index contributed by atoms with van der Waals surface area (Å²) >= 11 is 5.98. The first-order valence-corrected chi connectivity index (χ1v) is 9.56. The molecule has 3 rings (SSSR count). The van der Waals surface area contributed by atoms with Crippen LogP contribution in [0.25, 0.3) is 0 Å². The first-order valence-electron chi connectivity index (χ1n) is 7.69. The maximum atomic E-state index is 6.16. The predicted molar refractivity (Wildman–Crippen MR) is 96.8 cm³/mol. The van der Waals surface area contributed by atoms with E-state index in [0.29, 0.717) is 5.92 Å². The van der Waals surface area contributed by atoms with Crippen molar-refractivity contribution in [1.82, 2.24) is 5.43 Å². The second-order valence-corrected chi connectivity index (χ2v) is 8.38. The molecule has 2 unspecified atom stereocenters. The third-order valence-corrected chi connectivity index (χ3v) is 6.47. The van der Waals surface area contributed by atoms with Crippen LogP contribution in [0.1, 0.15) is 50.1 Å². The van der Waals surface area contributed by atoms with Gasteiger partial charge < -0.3 is 4.74 Å². The molecule has 0 aromatic heterocycles. The van der Waals surface area contributed by atoms with E-state index in [1.807, 2.05) is 0 Å². The summed E-state index contributed by atoms with van der Waals surface area (Å²) in [5.41, 5.74) is 4.51. The van der Waals surface area contributed by atoms with Gasteiger partial charge in [-0.2, -0.15) is 0 Å². The van der Waals surface area contributed by atoms with E-state index in [4.69, 9.17) is 10.6 Å². The average molecular weight is 465 g/mol. The molecule has 1 aliphatic heterocycles. The minimum atomic E-state index is 0.134. The summed E-state index contributed by atoms with van der Waals surface area (Å²) in [6, 6.07) is 6.63. The fourth-order valence-corrected chi connectivity index (χ4v) is 5.00. The third kappa shape index (κ3) is 3.47. The number of nitrogens with two attached hydrogens (primary N) is 1. The van der Waals surface area contributed by atoms with Gasteiger partial charge in [0.2, 0.25) is 0 Å². The highest BCUT2D eigenvalue weighted by atomic mass is 127. The number of hydrogen-bond donors (Lipinski definition) is 2. The van der Waals surface area contributed by atoms with Gasteiger partial charge in [-0.25, -0.2) is 0 Å². The maximum Gasteiger partial charge on any atom is 0.0686 e. The summed E-state index contributed by atoms with van der Waals surface area (Å²) in [4.78, 5) is 0. The molecule has 5 heteroatoms. The minimum absolute atomic E-state index is 0.134. The lowest BCUT2D eigenvalue weighted by molar-refractivity contribution is -0.0982. The van der Waals surface area contributed by atoms with E-state index < -0.39 is 0 Å². The molecular formula is C16H22BrIN2O. The Balaban J connectivity index is 1.84. The molecule has 2 atom stereocenters. The van der Waals surface area contributed by atoms with Gasteiger partial charge >= 0.3 is 0 Å². The maximum absolute atomic E-state index is 6.16. The Hall–Kier alpha value is 0.310. The molecule has 2 aliphatic rings. The summed E-state index contributed by atoms with van der Waals surface area (Å²) in [5, 5.41) is 0. The Kier molecular flexibility index (Phi) is 5.26. The molecule has 0 amide bonds. The van der Waals surface area contributed by atoms with Crippen LogP contribution in [0.15, 0.2) is 22.7 Å². The second kappa shape index (κ2) is 6.83. The van der Waals surface area contributed by atoms with Crippen LogP contribution in [0.2, 0.25) is 0 Å². The summed E-state index contributed by atoms with van der Waals surface area (Å²) in [6.45, 7) is 0.868. The van der Waals surface area contributed by atoms with Gasteiger partial charge in [0.05, 0.1) is 11.6 Å². The predicted octanol–water partition coefficient (Wildman–Crippen LogP) is 4.30. The Morgan fingerprint density at radius 3 is 2.86 bits per heavy atom. The van der Waals surface area contributed by atoms with E-state index in [-0.39, 0.29) is 11.6 Å². The van der Waals surface area contributed by atoms with Crippen molar-refractivity contribution in [3.63, 3.8) is 0 Å². The van der Waals surface area contributed by atoms with E-state index in [0.717, 1.165) is 23.9 Å². The molecular weight excluding hydrogens is 443 g/mol. The van der Waals surface area contributed by atoms with Crippen LogP contribution in [0.4, 0.5) is 0 Å². The van der Waals surface area contributed by atoms with Crippen molar-refractivity contribution < 1.29 is 4.74 Å². The molecule has 1 aliphatic carbocycles. The lowest BCUT2D eigenvalue weighted by Crippen LogP contribution is -2.43. The van der Waals surface area contributed by atoms with Gasteiger partial charge in [0.1, 0.15) is 0 Å². The van der Waals surface area contributed by atoms with Gasteiger partial charge in [-0.1, -0.05) is 28.8 Å². The highest BCUT2D eigenvalue weighted by Gasteiger charge is 2.42. The Morgan fingerprint density at radius 2 is 2.14 bits per heavy atom. The Bertz CT molecular complexity index is 505. The van der Waals surface area contributed by atoms with Crippen LogP contribution in [0.3, 0.4) is 0 Å². The summed E-state index contributed by atoms with van der Waals surface area (Å²) in [5.74, 6) is 6.48. The smallest absolute Gasteiger partial charge is 0.0686 e. The van der Waals surface area contributed by atoms with Gasteiger partial charge in [0.15, 0.2) is 0 Å². The normalized spacial score (nSPS) is 26.1. The van der Waals surface area contributed by atoms with Crippen LogP contribution in [0.5, 0.6) is 0 Å². The minimum Gasteiger partial charge on any atom is -0.375 e. The number of nitrogens with one attached hydrogen (secondary N) is 1. The highest BCUT2D eigenvalue weighted by Crippen LogP contribution is 2.45. The Labute approximate surface area is 148 Å². The molecule has 1 spiro atoms. The van der Waals surface area contributed by atoms with Crippen LogP contribution >= 0.6 is 38.5 Å². The van der Waals surface area contributed by atoms with Crippen molar-refractivity contribution in [1.29, 1.82) is 0 Å². The van der Waals surface area contributed by atoms with Crippen molar-refractivity contribution in [3.05, 3.63) is 31.8 Å². The largest absolute Gasteiger partial charge is 0.375 e.